The summed E-state index contributed by atoms with van der Waals surface area (Å²) >= 11 is 3.95. The molecule has 0 aliphatic rings. The van der Waals surface area contributed by atoms with Crippen LogP contribution < -0.4 is 0 Å². The quantitative estimate of drug-likeness (QED) is 0.589. The van der Waals surface area contributed by atoms with Gasteiger partial charge in [0, 0.05) is 4.83 Å². The van der Waals surface area contributed by atoms with Gasteiger partial charge in [0.15, 0.2) is 0 Å². The van der Waals surface area contributed by atoms with Crippen molar-refractivity contribution in [3.8, 4) is 0 Å². The topological polar surface area (TPSA) is 0 Å². The van der Waals surface area contributed by atoms with Crippen molar-refractivity contribution >= 4 is 15.9 Å². The van der Waals surface area contributed by atoms with Gasteiger partial charge in [-0.2, -0.15) is 0 Å². The number of hydrogen-bond acceptors (Lipinski definition) is 0. The third kappa shape index (κ3) is 2.82. The highest BCUT2D eigenvalue weighted by molar-refractivity contribution is 9.09. The summed E-state index contributed by atoms with van der Waals surface area (Å²) < 4.78 is 0. The van der Waals surface area contributed by atoms with E-state index >= 15 is 0 Å². The molecule has 1 aromatic rings. The van der Waals surface area contributed by atoms with Gasteiger partial charge in [-0.15, -0.1) is 0 Å². The Kier molecular flexibility index (Phi) is 5.46. The zero-order valence-electron chi connectivity index (χ0n) is 12.9. The van der Waals surface area contributed by atoms with Crippen LogP contribution in [0.1, 0.15) is 64.9 Å². The predicted molar refractivity (Wildman–Crippen MR) is 85.9 cm³/mol. The molecule has 0 spiro atoms. The molecule has 1 rings (SSSR count). The van der Waals surface area contributed by atoms with Crippen molar-refractivity contribution < 1.29 is 0 Å². The van der Waals surface area contributed by atoms with E-state index in [0.29, 0.717) is 10.7 Å². The second-order valence-corrected chi connectivity index (χ2v) is 6.69. The van der Waals surface area contributed by atoms with E-state index in [1.807, 2.05) is 0 Å². The molecule has 102 valence electrons. The molecule has 0 aliphatic carbocycles. The van der Waals surface area contributed by atoms with Crippen LogP contribution in [0, 0.1) is 40.5 Å². The maximum Gasteiger partial charge on any atom is 0.0426 e. The Bertz CT molecular complexity index is 403. The summed E-state index contributed by atoms with van der Waals surface area (Å²) in [4.78, 5) is 0.482. The molecule has 0 bridgehead atoms. The minimum absolute atomic E-state index is 0.482. The Morgan fingerprint density at radius 3 is 1.61 bits per heavy atom. The highest BCUT2D eigenvalue weighted by Crippen LogP contribution is 2.40. The minimum atomic E-state index is 0.482. The Morgan fingerprint density at radius 2 is 1.22 bits per heavy atom. The van der Waals surface area contributed by atoms with Gasteiger partial charge in [-0.1, -0.05) is 36.2 Å². The molecule has 0 saturated carbocycles. The van der Waals surface area contributed by atoms with E-state index in [9.17, 15) is 0 Å². The van der Waals surface area contributed by atoms with Crippen LogP contribution in [0.3, 0.4) is 0 Å². The van der Waals surface area contributed by atoms with Crippen LogP contribution in [0.25, 0.3) is 0 Å². The van der Waals surface area contributed by atoms with Gasteiger partial charge in [-0.05, 0) is 80.3 Å². The second-order valence-electron chi connectivity index (χ2n) is 5.71. The van der Waals surface area contributed by atoms with Crippen LogP contribution in [0.2, 0.25) is 0 Å². The van der Waals surface area contributed by atoms with Crippen molar-refractivity contribution in [3.63, 3.8) is 0 Å². The average Bonchev–Trinajstić information content (AvgIpc) is 2.34. The standard InChI is InChI=1S/C17H27Br/c1-8-9-10(2)17(18)16-14(6)12(4)11(3)13(5)15(16)7/h10,17H,8-9H2,1-7H3. The van der Waals surface area contributed by atoms with Crippen LogP contribution in [0.15, 0.2) is 0 Å². The third-order valence-electron chi connectivity index (χ3n) is 4.58. The van der Waals surface area contributed by atoms with E-state index in [1.54, 1.807) is 0 Å². The molecule has 18 heavy (non-hydrogen) atoms. The summed E-state index contributed by atoms with van der Waals surface area (Å²) in [6, 6.07) is 0. The lowest BCUT2D eigenvalue weighted by molar-refractivity contribution is 0.516. The first-order valence-electron chi connectivity index (χ1n) is 7.03. The molecule has 0 aromatic heterocycles. The maximum absolute atomic E-state index is 3.95. The van der Waals surface area contributed by atoms with E-state index in [2.05, 4.69) is 64.4 Å². The van der Waals surface area contributed by atoms with E-state index in [-0.39, 0.29) is 0 Å². The van der Waals surface area contributed by atoms with Gasteiger partial charge in [-0.25, -0.2) is 0 Å². The van der Waals surface area contributed by atoms with E-state index in [4.69, 9.17) is 0 Å². The number of halogens is 1. The van der Waals surface area contributed by atoms with Gasteiger partial charge in [0.05, 0.1) is 0 Å². The number of alkyl halides is 1. The summed E-state index contributed by atoms with van der Waals surface area (Å²) in [6.07, 6.45) is 2.53. The van der Waals surface area contributed by atoms with Gasteiger partial charge in [0.25, 0.3) is 0 Å². The normalized spacial score (nSPS) is 14.7. The highest BCUT2D eigenvalue weighted by atomic mass is 79.9. The second kappa shape index (κ2) is 6.23. The Balaban J connectivity index is 3.32. The van der Waals surface area contributed by atoms with Crippen LogP contribution in [-0.4, -0.2) is 0 Å². The van der Waals surface area contributed by atoms with Crippen molar-refractivity contribution in [3.05, 3.63) is 33.4 Å². The summed E-state index contributed by atoms with van der Waals surface area (Å²) in [5.74, 6) is 0.689. The molecule has 0 fully saturated rings. The fraction of sp³-hybridized carbons (Fsp3) is 0.647. The van der Waals surface area contributed by atoms with Crippen molar-refractivity contribution in [2.45, 2.75) is 66.1 Å². The zero-order chi connectivity index (χ0) is 14.0. The zero-order valence-corrected chi connectivity index (χ0v) is 14.5. The molecule has 1 aromatic carbocycles. The molecule has 0 aliphatic heterocycles. The molecule has 0 radical (unpaired) electrons. The monoisotopic (exact) mass is 310 g/mol. The summed E-state index contributed by atoms with van der Waals surface area (Å²) in [7, 11) is 0. The van der Waals surface area contributed by atoms with Gasteiger partial charge in [-0.3, -0.25) is 0 Å². The lowest BCUT2D eigenvalue weighted by Crippen LogP contribution is -2.10. The van der Waals surface area contributed by atoms with Crippen molar-refractivity contribution in [2.75, 3.05) is 0 Å². The van der Waals surface area contributed by atoms with E-state index in [1.165, 1.54) is 46.2 Å². The smallest absolute Gasteiger partial charge is 0.0426 e. The lowest BCUT2D eigenvalue weighted by atomic mass is 9.84. The first kappa shape index (κ1) is 15.8. The first-order valence-corrected chi connectivity index (χ1v) is 7.95. The van der Waals surface area contributed by atoms with Crippen molar-refractivity contribution in [1.82, 2.24) is 0 Å². The molecule has 0 amide bonds. The van der Waals surface area contributed by atoms with E-state index < -0.39 is 0 Å². The van der Waals surface area contributed by atoms with Crippen LogP contribution >= 0.6 is 15.9 Å². The molecule has 2 atom stereocenters. The highest BCUT2D eigenvalue weighted by Gasteiger charge is 2.22. The fourth-order valence-electron chi connectivity index (χ4n) is 2.83. The predicted octanol–water partition coefficient (Wildman–Crippen LogP) is 6.10. The van der Waals surface area contributed by atoms with Gasteiger partial charge in [0.2, 0.25) is 0 Å². The number of benzene rings is 1. The van der Waals surface area contributed by atoms with E-state index in [0.717, 1.165) is 0 Å². The van der Waals surface area contributed by atoms with Crippen molar-refractivity contribution in [2.24, 2.45) is 5.92 Å². The minimum Gasteiger partial charge on any atom is -0.0836 e. The summed E-state index contributed by atoms with van der Waals surface area (Å²) in [6.45, 7) is 15.9. The molecule has 0 saturated heterocycles. The third-order valence-corrected chi connectivity index (χ3v) is 5.94. The molecular weight excluding hydrogens is 284 g/mol. The molecule has 0 nitrogen and oxygen atoms in total. The fourth-order valence-corrected chi connectivity index (χ4v) is 3.78. The molecule has 0 heterocycles. The van der Waals surface area contributed by atoms with Gasteiger partial charge >= 0.3 is 0 Å². The Morgan fingerprint density at radius 1 is 0.833 bits per heavy atom. The molecule has 0 N–H and O–H groups in total. The van der Waals surface area contributed by atoms with Crippen LogP contribution in [-0.2, 0) is 0 Å². The van der Waals surface area contributed by atoms with Crippen molar-refractivity contribution in [1.29, 1.82) is 0 Å². The molecule has 2 unspecified atom stereocenters. The Labute approximate surface area is 121 Å². The number of hydrogen-bond donors (Lipinski definition) is 0. The number of rotatable bonds is 4. The average molecular weight is 311 g/mol. The first-order chi connectivity index (χ1) is 8.32. The van der Waals surface area contributed by atoms with Gasteiger partial charge in [0.1, 0.15) is 0 Å². The van der Waals surface area contributed by atoms with Gasteiger partial charge < -0.3 is 0 Å². The molecular formula is C17H27Br. The van der Waals surface area contributed by atoms with Crippen LogP contribution in [0.5, 0.6) is 0 Å². The van der Waals surface area contributed by atoms with Crippen LogP contribution in [0.4, 0.5) is 0 Å². The Hall–Kier alpha value is -0.300. The summed E-state index contributed by atoms with van der Waals surface area (Å²) in [5.41, 5.74) is 8.84. The largest absolute Gasteiger partial charge is 0.0836 e. The lowest BCUT2D eigenvalue weighted by Gasteiger charge is -2.26. The molecule has 1 heteroatoms. The maximum atomic E-state index is 3.95. The SMILES string of the molecule is CCCC(C)C(Br)c1c(C)c(C)c(C)c(C)c1C. The summed E-state index contributed by atoms with van der Waals surface area (Å²) in [5, 5.41) is 0.